The van der Waals surface area contributed by atoms with Crippen molar-refractivity contribution in [3.8, 4) is 0 Å². The van der Waals surface area contributed by atoms with Gasteiger partial charge in [0.05, 0.1) is 19.3 Å². The van der Waals surface area contributed by atoms with Crippen molar-refractivity contribution in [2.45, 2.75) is 106 Å². The van der Waals surface area contributed by atoms with E-state index in [2.05, 4.69) is 5.32 Å². The molecule has 0 bridgehead atoms. The number of amides is 1. The fraction of sp³-hybridized carbons (Fsp3) is 0.950. The summed E-state index contributed by atoms with van der Waals surface area (Å²) in [6.45, 7) is 1.00. The Bertz CT molecular complexity index is 731. The van der Waals surface area contributed by atoms with Crippen molar-refractivity contribution in [1.82, 2.24) is 5.32 Å². The van der Waals surface area contributed by atoms with Gasteiger partial charge in [-0.05, 0) is 6.92 Å². The van der Waals surface area contributed by atoms with Crippen LogP contribution in [0.1, 0.15) is 13.8 Å². The summed E-state index contributed by atoms with van der Waals surface area (Å²) in [4.78, 5) is 11.7. The maximum Gasteiger partial charge on any atom is 0.217 e. The van der Waals surface area contributed by atoms with Crippen LogP contribution in [0, 0.1) is 0 Å². The summed E-state index contributed by atoms with van der Waals surface area (Å²) in [5.41, 5.74) is 0. The molecule has 10 N–H and O–H groups in total. The lowest BCUT2D eigenvalue weighted by Gasteiger charge is -2.48. The van der Waals surface area contributed by atoms with Gasteiger partial charge in [-0.1, -0.05) is 0 Å². The first kappa shape index (κ1) is 29.5. The minimum Gasteiger partial charge on any atom is -0.394 e. The van der Waals surface area contributed by atoms with Crippen LogP contribution in [0.2, 0.25) is 0 Å². The van der Waals surface area contributed by atoms with Gasteiger partial charge >= 0.3 is 0 Å². The Morgan fingerprint density at radius 2 is 1.31 bits per heavy atom. The molecule has 3 heterocycles. The molecule has 0 aliphatic carbocycles. The number of carbonyl (C=O) groups excluding carboxylic acids is 1. The van der Waals surface area contributed by atoms with E-state index in [1.165, 1.54) is 6.92 Å². The minimum atomic E-state index is -1.89. The van der Waals surface area contributed by atoms with Gasteiger partial charge in [0, 0.05) is 6.92 Å². The molecule has 16 heteroatoms. The van der Waals surface area contributed by atoms with Crippen LogP contribution in [0.3, 0.4) is 0 Å². The second-order valence-corrected chi connectivity index (χ2v) is 9.05. The van der Waals surface area contributed by atoms with Gasteiger partial charge in [0.1, 0.15) is 67.1 Å². The largest absolute Gasteiger partial charge is 0.394 e. The van der Waals surface area contributed by atoms with E-state index in [1.54, 1.807) is 0 Å². The fourth-order valence-corrected chi connectivity index (χ4v) is 4.38. The molecule has 0 saturated carbocycles. The Balaban J connectivity index is 1.88. The van der Waals surface area contributed by atoms with Crippen molar-refractivity contribution in [2.75, 3.05) is 13.2 Å². The molecule has 0 aromatic carbocycles. The molecule has 210 valence electrons. The van der Waals surface area contributed by atoms with Gasteiger partial charge < -0.3 is 75.0 Å². The molecule has 0 radical (unpaired) electrons. The van der Waals surface area contributed by atoms with Crippen molar-refractivity contribution in [1.29, 1.82) is 0 Å². The third-order valence-corrected chi connectivity index (χ3v) is 6.46. The number of carbonyl (C=O) groups is 1. The molecule has 3 aliphatic rings. The maximum absolute atomic E-state index is 11.7. The standard InChI is InChI=1S/C20H35NO15/c1-5-10(25)14(29)15(30)20(32-5)36-17-16(12(27)8(4-23)33-18(17)31)35-19-9(21-6(2)24)13(28)11(26)7(3-22)34-19/h5,7-20,22-23,25-31H,3-4H2,1-2H3,(H,21,24)/t5-,7+,8+,9+,10+,11-,12-,13+,14+,15-,16-,17+,18+,19-,20-/m0/s1. The van der Waals surface area contributed by atoms with Gasteiger partial charge in [0.15, 0.2) is 18.9 Å². The Kier molecular flexibility index (Phi) is 9.97. The summed E-state index contributed by atoms with van der Waals surface area (Å²) in [5, 5.41) is 93.7. The highest BCUT2D eigenvalue weighted by atomic mass is 16.8. The lowest BCUT2D eigenvalue weighted by atomic mass is 9.95. The van der Waals surface area contributed by atoms with E-state index >= 15 is 0 Å². The number of nitrogens with one attached hydrogen (secondary N) is 1. The number of ether oxygens (including phenoxy) is 5. The van der Waals surface area contributed by atoms with Crippen LogP contribution in [-0.2, 0) is 28.5 Å². The summed E-state index contributed by atoms with van der Waals surface area (Å²) in [7, 11) is 0. The van der Waals surface area contributed by atoms with Gasteiger partial charge in [-0.2, -0.15) is 0 Å². The van der Waals surface area contributed by atoms with E-state index < -0.39 is 111 Å². The summed E-state index contributed by atoms with van der Waals surface area (Å²) < 4.78 is 27.4. The van der Waals surface area contributed by atoms with E-state index in [4.69, 9.17) is 23.7 Å². The zero-order valence-electron chi connectivity index (χ0n) is 19.5. The van der Waals surface area contributed by atoms with Crippen LogP contribution in [0.5, 0.6) is 0 Å². The summed E-state index contributed by atoms with van der Waals surface area (Å²) in [5.74, 6) is -0.639. The van der Waals surface area contributed by atoms with E-state index in [-0.39, 0.29) is 0 Å². The van der Waals surface area contributed by atoms with Gasteiger partial charge in [-0.25, -0.2) is 0 Å². The lowest BCUT2D eigenvalue weighted by molar-refractivity contribution is -0.380. The Morgan fingerprint density at radius 1 is 0.722 bits per heavy atom. The zero-order valence-corrected chi connectivity index (χ0v) is 19.5. The van der Waals surface area contributed by atoms with Crippen LogP contribution in [0.25, 0.3) is 0 Å². The smallest absolute Gasteiger partial charge is 0.217 e. The van der Waals surface area contributed by atoms with Crippen molar-refractivity contribution in [3.05, 3.63) is 0 Å². The van der Waals surface area contributed by atoms with Crippen molar-refractivity contribution < 1.29 is 74.4 Å². The van der Waals surface area contributed by atoms with Gasteiger partial charge in [0.25, 0.3) is 0 Å². The first-order valence-corrected chi connectivity index (χ1v) is 11.4. The lowest BCUT2D eigenvalue weighted by Crippen LogP contribution is -2.68. The summed E-state index contributed by atoms with van der Waals surface area (Å²) in [6, 6.07) is -1.41. The number of hydrogen-bond acceptors (Lipinski definition) is 15. The van der Waals surface area contributed by atoms with E-state index in [0.29, 0.717) is 0 Å². The number of aliphatic hydroxyl groups is 9. The highest BCUT2D eigenvalue weighted by Crippen LogP contribution is 2.32. The van der Waals surface area contributed by atoms with Gasteiger partial charge in [-0.15, -0.1) is 0 Å². The predicted octanol–water partition coefficient (Wildman–Crippen LogP) is -6.40. The Morgan fingerprint density at radius 3 is 1.89 bits per heavy atom. The van der Waals surface area contributed by atoms with Crippen LogP contribution in [0.4, 0.5) is 0 Å². The molecular formula is C20H35NO15. The topological polar surface area (TPSA) is 257 Å². The normalized spacial score (nSPS) is 50.0. The average Bonchev–Trinajstić information content (AvgIpc) is 2.84. The van der Waals surface area contributed by atoms with E-state index in [1.807, 2.05) is 0 Å². The Hall–Kier alpha value is -1.09. The quantitative estimate of drug-likeness (QED) is 0.147. The number of aliphatic hydroxyl groups excluding tert-OH is 9. The molecule has 1 amide bonds. The summed E-state index contributed by atoms with van der Waals surface area (Å²) >= 11 is 0. The SMILES string of the molecule is CC(=O)N[C@H]1[C@H](O[C@H]2[C@@H](O)[C@@H](CO)O[C@@H](O)[C@@H]2O[C@@H]2O[C@@H](C)[C@@H](O)[C@@H](O)[C@@H]2O)O[C@H](CO)[C@H](O)[C@@H]1O. The van der Waals surface area contributed by atoms with Gasteiger partial charge in [0.2, 0.25) is 5.91 Å². The molecule has 36 heavy (non-hydrogen) atoms. The first-order valence-electron chi connectivity index (χ1n) is 11.4. The number of hydrogen-bond donors (Lipinski definition) is 10. The second-order valence-electron chi connectivity index (χ2n) is 9.05. The highest BCUT2D eigenvalue weighted by Gasteiger charge is 2.53. The van der Waals surface area contributed by atoms with E-state index in [0.717, 1.165) is 6.92 Å². The molecule has 3 fully saturated rings. The molecule has 15 atom stereocenters. The Labute approximate surface area is 205 Å². The maximum atomic E-state index is 11.7. The molecule has 3 aliphatic heterocycles. The molecule has 16 nitrogen and oxygen atoms in total. The van der Waals surface area contributed by atoms with Crippen LogP contribution >= 0.6 is 0 Å². The van der Waals surface area contributed by atoms with Crippen LogP contribution < -0.4 is 5.32 Å². The van der Waals surface area contributed by atoms with Crippen molar-refractivity contribution in [2.24, 2.45) is 0 Å². The fourth-order valence-electron chi connectivity index (χ4n) is 4.38. The first-order chi connectivity index (χ1) is 16.9. The molecule has 0 spiro atoms. The zero-order chi connectivity index (χ0) is 26.9. The van der Waals surface area contributed by atoms with Gasteiger partial charge in [-0.3, -0.25) is 4.79 Å². The van der Waals surface area contributed by atoms with Crippen molar-refractivity contribution >= 4 is 5.91 Å². The van der Waals surface area contributed by atoms with Crippen LogP contribution in [0.15, 0.2) is 0 Å². The molecule has 0 aromatic heterocycles. The second kappa shape index (κ2) is 12.2. The molecule has 3 rings (SSSR count). The van der Waals surface area contributed by atoms with Crippen molar-refractivity contribution in [3.63, 3.8) is 0 Å². The molecule has 0 aromatic rings. The monoisotopic (exact) mass is 529 g/mol. The third-order valence-electron chi connectivity index (χ3n) is 6.46. The minimum absolute atomic E-state index is 0.639. The molecular weight excluding hydrogens is 494 g/mol. The average molecular weight is 529 g/mol. The predicted molar refractivity (Wildman–Crippen MR) is 111 cm³/mol. The third kappa shape index (κ3) is 5.97. The van der Waals surface area contributed by atoms with E-state index in [9.17, 15) is 50.8 Å². The number of rotatable bonds is 7. The summed E-state index contributed by atoms with van der Waals surface area (Å²) in [6.07, 6.45) is -22.1. The molecule has 3 saturated heterocycles. The van der Waals surface area contributed by atoms with Crippen LogP contribution in [-0.4, -0.2) is 157 Å². The highest BCUT2D eigenvalue weighted by molar-refractivity contribution is 5.73. The molecule has 0 unspecified atom stereocenters.